The Hall–Kier alpha value is -1.09. The van der Waals surface area contributed by atoms with E-state index in [2.05, 4.69) is 5.32 Å². The molecular formula is C13H18FNO. The van der Waals surface area contributed by atoms with Crippen molar-refractivity contribution < 1.29 is 9.50 Å². The van der Waals surface area contributed by atoms with Gasteiger partial charge >= 0.3 is 0 Å². The highest BCUT2D eigenvalue weighted by Gasteiger charge is 2.18. The number of nitrogens with one attached hydrogen (secondary N) is 1. The Morgan fingerprint density at radius 1 is 1.44 bits per heavy atom. The number of piperidine rings is 1. The molecule has 2 nitrogen and oxygen atoms in total. The first-order valence-corrected chi connectivity index (χ1v) is 5.89. The first-order valence-electron chi connectivity index (χ1n) is 5.89. The van der Waals surface area contributed by atoms with Crippen molar-refractivity contribution in [3.63, 3.8) is 0 Å². The van der Waals surface area contributed by atoms with E-state index in [1.165, 1.54) is 12.8 Å². The molecule has 2 N–H and O–H groups in total. The van der Waals surface area contributed by atoms with E-state index in [9.17, 15) is 9.50 Å². The monoisotopic (exact) mass is 223 g/mol. The quantitative estimate of drug-likeness (QED) is 0.807. The van der Waals surface area contributed by atoms with Crippen molar-refractivity contribution >= 4 is 0 Å². The van der Waals surface area contributed by atoms with Crippen LogP contribution in [0, 0.1) is 12.7 Å². The lowest BCUT2D eigenvalue weighted by atomic mass is 9.96. The highest BCUT2D eigenvalue weighted by Crippen LogP contribution is 2.25. The van der Waals surface area contributed by atoms with Gasteiger partial charge in [-0.05, 0) is 44.4 Å². The molecule has 0 amide bonds. The lowest BCUT2D eigenvalue weighted by Gasteiger charge is -2.24. The first kappa shape index (κ1) is 11.4. The van der Waals surface area contributed by atoms with Crippen molar-refractivity contribution in [1.82, 2.24) is 5.32 Å². The molecule has 1 saturated heterocycles. The van der Waals surface area contributed by atoms with Gasteiger partial charge in [-0.1, -0.05) is 12.5 Å². The fourth-order valence-electron chi connectivity index (χ4n) is 2.27. The van der Waals surface area contributed by atoms with Crippen LogP contribution < -0.4 is 5.32 Å². The number of phenolic OH excluding ortho intramolecular Hbond substituents is 1. The molecule has 1 fully saturated rings. The molecule has 0 aromatic heterocycles. The standard InChI is InChI=1S/C13H18FNO/c1-9-5-6-12(16)11(13(9)14)8-10-4-2-3-7-15-10/h5-6,10,15-16H,2-4,7-8H2,1H3. The average molecular weight is 223 g/mol. The maximum atomic E-state index is 13.8. The van der Waals surface area contributed by atoms with E-state index in [1.54, 1.807) is 19.1 Å². The normalized spacial score (nSPS) is 21.0. The maximum Gasteiger partial charge on any atom is 0.133 e. The van der Waals surface area contributed by atoms with Gasteiger partial charge in [-0.3, -0.25) is 0 Å². The average Bonchev–Trinajstić information content (AvgIpc) is 2.31. The highest BCUT2D eigenvalue weighted by atomic mass is 19.1. The van der Waals surface area contributed by atoms with Crippen LogP contribution in [0.4, 0.5) is 4.39 Å². The Morgan fingerprint density at radius 2 is 2.25 bits per heavy atom. The van der Waals surface area contributed by atoms with Gasteiger partial charge in [0.1, 0.15) is 11.6 Å². The maximum absolute atomic E-state index is 13.8. The van der Waals surface area contributed by atoms with Crippen molar-refractivity contribution in [3.05, 3.63) is 29.1 Å². The van der Waals surface area contributed by atoms with Crippen molar-refractivity contribution in [2.24, 2.45) is 0 Å². The van der Waals surface area contributed by atoms with Crippen LogP contribution in [0.15, 0.2) is 12.1 Å². The van der Waals surface area contributed by atoms with E-state index in [0.29, 0.717) is 23.6 Å². The van der Waals surface area contributed by atoms with E-state index in [4.69, 9.17) is 0 Å². The van der Waals surface area contributed by atoms with Gasteiger partial charge in [0.2, 0.25) is 0 Å². The largest absolute Gasteiger partial charge is 0.508 e. The second kappa shape index (κ2) is 4.83. The number of rotatable bonds is 2. The summed E-state index contributed by atoms with van der Waals surface area (Å²) < 4.78 is 13.8. The summed E-state index contributed by atoms with van der Waals surface area (Å²) in [5.74, 6) is -0.178. The van der Waals surface area contributed by atoms with Crippen LogP contribution >= 0.6 is 0 Å². The molecule has 0 spiro atoms. The third-order valence-electron chi connectivity index (χ3n) is 3.27. The summed E-state index contributed by atoms with van der Waals surface area (Å²) in [5, 5.41) is 13.0. The van der Waals surface area contributed by atoms with E-state index < -0.39 is 0 Å². The summed E-state index contributed by atoms with van der Waals surface area (Å²) in [7, 11) is 0. The smallest absolute Gasteiger partial charge is 0.133 e. The summed E-state index contributed by atoms with van der Waals surface area (Å²) >= 11 is 0. The van der Waals surface area contributed by atoms with Crippen LogP contribution in [-0.4, -0.2) is 17.7 Å². The molecule has 1 atom stereocenters. The lowest BCUT2D eigenvalue weighted by molar-refractivity contribution is 0.385. The second-order valence-corrected chi connectivity index (χ2v) is 4.55. The van der Waals surface area contributed by atoms with E-state index in [-0.39, 0.29) is 11.6 Å². The predicted octanol–water partition coefficient (Wildman–Crippen LogP) is 2.52. The van der Waals surface area contributed by atoms with Crippen LogP contribution in [0.25, 0.3) is 0 Å². The molecule has 1 aromatic carbocycles. The molecule has 1 unspecified atom stereocenters. The van der Waals surface area contributed by atoms with Gasteiger partial charge in [0.25, 0.3) is 0 Å². The van der Waals surface area contributed by atoms with Crippen LogP contribution in [0.1, 0.15) is 30.4 Å². The summed E-state index contributed by atoms with van der Waals surface area (Å²) in [6, 6.07) is 3.50. The lowest BCUT2D eigenvalue weighted by Crippen LogP contribution is -2.35. The molecule has 3 heteroatoms. The Bertz CT molecular complexity index is 372. The molecule has 1 heterocycles. The van der Waals surface area contributed by atoms with Gasteiger partial charge in [-0.15, -0.1) is 0 Å². The van der Waals surface area contributed by atoms with Gasteiger partial charge < -0.3 is 10.4 Å². The molecule has 1 aromatic rings. The topological polar surface area (TPSA) is 32.3 Å². The van der Waals surface area contributed by atoms with Crippen molar-refractivity contribution in [1.29, 1.82) is 0 Å². The van der Waals surface area contributed by atoms with Crippen molar-refractivity contribution in [2.75, 3.05) is 6.54 Å². The summed E-state index contributed by atoms with van der Waals surface area (Å²) in [4.78, 5) is 0. The van der Waals surface area contributed by atoms with Crippen molar-refractivity contribution in [2.45, 2.75) is 38.6 Å². The Labute approximate surface area is 95.5 Å². The molecule has 16 heavy (non-hydrogen) atoms. The predicted molar refractivity (Wildman–Crippen MR) is 62.1 cm³/mol. The molecule has 0 radical (unpaired) electrons. The molecule has 2 rings (SSSR count). The summed E-state index contributed by atoms with van der Waals surface area (Å²) in [5.41, 5.74) is 1.06. The Balaban J connectivity index is 2.16. The first-order chi connectivity index (χ1) is 7.68. The summed E-state index contributed by atoms with van der Waals surface area (Å²) in [6.07, 6.45) is 4.02. The molecular weight excluding hydrogens is 205 g/mol. The zero-order valence-corrected chi connectivity index (χ0v) is 9.59. The van der Waals surface area contributed by atoms with Gasteiger partial charge in [-0.25, -0.2) is 4.39 Å². The molecule has 0 saturated carbocycles. The van der Waals surface area contributed by atoms with Crippen LogP contribution in [0.2, 0.25) is 0 Å². The van der Waals surface area contributed by atoms with Gasteiger partial charge in [0.15, 0.2) is 0 Å². The SMILES string of the molecule is Cc1ccc(O)c(CC2CCCCN2)c1F. The zero-order valence-electron chi connectivity index (χ0n) is 9.59. The van der Waals surface area contributed by atoms with E-state index >= 15 is 0 Å². The molecule has 1 aliphatic heterocycles. The number of hydrogen-bond donors (Lipinski definition) is 2. The minimum absolute atomic E-state index is 0.0791. The second-order valence-electron chi connectivity index (χ2n) is 4.55. The Morgan fingerprint density at radius 3 is 2.94 bits per heavy atom. The minimum Gasteiger partial charge on any atom is -0.508 e. The number of aryl methyl sites for hydroxylation is 1. The zero-order chi connectivity index (χ0) is 11.5. The van der Waals surface area contributed by atoms with E-state index in [1.807, 2.05) is 0 Å². The fourth-order valence-corrected chi connectivity index (χ4v) is 2.27. The van der Waals surface area contributed by atoms with Crippen molar-refractivity contribution in [3.8, 4) is 5.75 Å². The number of aromatic hydroxyl groups is 1. The summed E-state index contributed by atoms with van der Waals surface area (Å²) in [6.45, 7) is 2.73. The number of hydrogen-bond acceptors (Lipinski definition) is 2. The fraction of sp³-hybridized carbons (Fsp3) is 0.538. The molecule has 0 bridgehead atoms. The molecule has 88 valence electrons. The number of halogens is 1. The van der Waals surface area contributed by atoms with Gasteiger partial charge in [0.05, 0.1) is 0 Å². The Kier molecular flexibility index (Phi) is 3.44. The van der Waals surface area contributed by atoms with Crippen LogP contribution in [0.5, 0.6) is 5.75 Å². The minimum atomic E-state index is -0.257. The van der Waals surface area contributed by atoms with Crippen LogP contribution in [-0.2, 0) is 6.42 Å². The highest BCUT2D eigenvalue weighted by molar-refractivity contribution is 5.38. The molecule has 0 aliphatic carbocycles. The van der Waals surface area contributed by atoms with Gasteiger partial charge in [-0.2, -0.15) is 0 Å². The number of benzene rings is 1. The van der Waals surface area contributed by atoms with E-state index in [0.717, 1.165) is 13.0 Å². The molecule has 1 aliphatic rings. The number of phenols is 1. The third kappa shape index (κ3) is 2.35. The van der Waals surface area contributed by atoms with Gasteiger partial charge in [0, 0.05) is 11.6 Å². The van der Waals surface area contributed by atoms with Crippen LogP contribution in [0.3, 0.4) is 0 Å². The third-order valence-corrected chi connectivity index (χ3v) is 3.27.